The van der Waals surface area contributed by atoms with Crippen molar-refractivity contribution in [2.45, 2.75) is 44.0 Å². The molecule has 1 aromatic carbocycles. The monoisotopic (exact) mass is 414 g/mol. The number of nitriles is 3. The maximum absolute atomic E-state index is 10.3. The van der Waals surface area contributed by atoms with Crippen molar-refractivity contribution in [3.05, 3.63) is 33.8 Å². The summed E-state index contributed by atoms with van der Waals surface area (Å²) in [5.41, 5.74) is -3.21. The zero-order valence-corrected chi connectivity index (χ0v) is 16.3. The van der Waals surface area contributed by atoms with Crippen molar-refractivity contribution in [2.75, 3.05) is 0 Å². The first-order chi connectivity index (χ1) is 13.4. The zero-order valence-electron chi connectivity index (χ0n) is 14.8. The summed E-state index contributed by atoms with van der Waals surface area (Å²) in [4.78, 5) is 0. The molecule has 8 heteroatoms. The quantitative estimate of drug-likeness (QED) is 0.701. The Labute approximate surface area is 172 Å². The smallest absolute Gasteiger partial charge is 0.217 e. The average molecular weight is 415 g/mol. The summed E-state index contributed by atoms with van der Waals surface area (Å²) in [5.74, 6) is -2.11. The highest BCUT2D eigenvalue weighted by Crippen LogP contribution is 2.69. The van der Waals surface area contributed by atoms with E-state index in [2.05, 4.69) is 6.07 Å². The van der Waals surface area contributed by atoms with Gasteiger partial charge in [-0.05, 0) is 30.5 Å². The largest absolute Gasteiger partial charge is 0.447 e. The Hall–Kier alpha value is -2.30. The van der Waals surface area contributed by atoms with Crippen LogP contribution in [0.2, 0.25) is 10.0 Å². The van der Waals surface area contributed by atoms with Gasteiger partial charge in [-0.15, -0.1) is 0 Å². The zero-order chi connectivity index (χ0) is 20.2. The fraction of sp³-hybridized carbons (Fsp3) is 0.500. The molecule has 0 spiro atoms. The van der Waals surface area contributed by atoms with Crippen LogP contribution in [0.15, 0.2) is 18.2 Å². The Morgan fingerprint density at radius 2 is 1.79 bits per heavy atom. The summed E-state index contributed by atoms with van der Waals surface area (Å²) in [6.07, 6.45) is 2.51. The van der Waals surface area contributed by atoms with E-state index in [-0.39, 0.29) is 10.9 Å². The highest BCUT2D eigenvalue weighted by atomic mass is 35.5. The van der Waals surface area contributed by atoms with E-state index in [1.54, 1.807) is 18.2 Å². The molecular weight excluding hydrogens is 399 g/mol. The molecule has 2 bridgehead atoms. The number of hydrogen-bond donors (Lipinski definition) is 1. The molecule has 142 valence electrons. The van der Waals surface area contributed by atoms with Crippen molar-refractivity contribution in [3.63, 3.8) is 0 Å². The van der Waals surface area contributed by atoms with Gasteiger partial charge in [0.05, 0.1) is 34.2 Å². The van der Waals surface area contributed by atoms with Crippen molar-refractivity contribution in [1.82, 2.24) is 0 Å². The van der Waals surface area contributed by atoms with Gasteiger partial charge in [0.25, 0.3) is 0 Å². The average Bonchev–Trinajstić information content (AvgIpc) is 2.82. The second-order valence-corrected chi connectivity index (χ2v) is 8.33. The van der Waals surface area contributed by atoms with Gasteiger partial charge in [-0.3, -0.25) is 5.41 Å². The molecule has 0 aromatic heterocycles. The third kappa shape index (κ3) is 2.13. The Morgan fingerprint density at radius 1 is 1.04 bits per heavy atom. The Balaban J connectivity index is 2.00. The van der Waals surface area contributed by atoms with Crippen LogP contribution in [0.4, 0.5) is 0 Å². The lowest BCUT2D eigenvalue weighted by Gasteiger charge is -2.49. The van der Waals surface area contributed by atoms with Crippen LogP contribution in [0.5, 0.6) is 0 Å². The van der Waals surface area contributed by atoms with E-state index in [0.29, 0.717) is 23.4 Å². The van der Waals surface area contributed by atoms with Crippen LogP contribution in [0.3, 0.4) is 0 Å². The molecule has 1 aromatic rings. The highest BCUT2D eigenvalue weighted by Gasteiger charge is 2.80. The van der Waals surface area contributed by atoms with Gasteiger partial charge < -0.3 is 9.47 Å². The van der Waals surface area contributed by atoms with Gasteiger partial charge >= 0.3 is 0 Å². The van der Waals surface area contributed by atoms with E-state index in [0.717, 1.165) is 19.3 Å². The van der Waals surface area contributed by atoms with E-state index >= 15 is 0 Å². The molecule has 28 heavy (non-hydrogen) atoms. The van der Waals surface area contributed by atoms with E-state index in [9.17, 15) is 15.8 Å². The summed E-state index contributed by atoms with van der Waals surface area (Å²) >= 11 is 12.2. The van der Waals surface area contributed by atoms with Gasteiger partial charge in [0.15, 0.2) is 5.41 Å². The molecule has 1 aliphatic carbocycles. The predicted molar refractivity (Wildman–Crippen MR) is 100 cm³/mol. The third-order valence-electron chi connectivity index (χ3n) is 6.31. The molecule has 0 radical (unpaired) electrons. The Bertz CT molecular complexity index is 977. The van der Waals surface area contributed by atoms with Crippen molar-refractivity contribution in [2.24, 2.45) is 16.7 Å². The molecule has 6 nitrogen and oxygen atoms in total. The lowest BCUT2D eigenvalue weighted by molar-refractivity contribution is -0.284. The van der Waals surface area contributed by atoms with E-state index in [1.165, 1.54) is 0 Å². The number of benzene rings is 1. The highest BCUT2D eigenvalue weighted by molar-refractivity contribution is 6.42. The molecule has 2 heterocycles. The van der Waals surface area contributed by atoms with Crippen LogP contribution in [-0.4, -0.2) is 11.7 Å². The first-order valence-corrected chi connectivity index (χ1v) is 9.81. The topological polar surface area (TPSA) is 114 Å². The Kier molecular flexibility index (Phi) is 4.32. The molecule has 4 rings (SSSR count). The van der Waals surface area contributed by atoms with E-state index in [1.807, 2.05) is 12.1 Å². The fourth-order valence-corrected chi connectivity index (χ4v) is 5.32. The second kappa shape index (κ2) is 6.36. The van der Waals surface area contributed by atoms with Gasteiger partial charge in [-0.1, -0.05) is 42.1 Å². The maximum atomic E-state index is 10.3. The summed E-state index contributed by atoms with van der Waals surface area (Å²) in [5, 5.41) is 39.7. The molecular formula is C20H16Cl2N4O2. The lowest BCUT2D eigenvalue weighted by atomic mass is 9.52. The van der Waals surface area contributed by atoms with Crippen LogP contribution in [-0.2, 0) is 9.47 Å². The molecule has 3 fully saturated rings. The van der Waals surface area contributed by atoms with Crippen LogP contribution < -0.4 is 0 Å². The number of halogens is 2. The minimum Gasteiger partial charge on any atom is -0.447 e. The normalized spacial score (nSPS) is 35.5. The van der Waals surface area contributed by atoms with Crippen LogP contribution >= 0.6 is 23.2 Å². The van der Waals surface area contributed by atoms with E-state index < -0.39 is 28.6 Å². The number of ether oxygens (including phenoxy) is 2. The minimum absolute atomic E-state index is 0.252. The lowest BCUT2D eigenvalue weighted by Crippen LogP contribution is -2.59. The summed E-state index contributed by atoms with van der Waals surface area (Å²) in [7, 11) is 0. The van der Waals surface area contributed by atoms with Crippen molar-refractivity contribution in [3.8, 4) is 18.2 Å². The number of nitrogens with one attached hydrogen (secondary N) is 1. The number of rotatable bonds is 1. The van der Waals surface area contributed by atoms with Crippen LogP contribution in [0, 0.1) is 56.2 Å². The summed E-state index contributed by atoms with van der Waals surface area (Å²) < 4.78 is 12.3. The molecule has 0 amide bonds. The molecule has 1 saturated carbocycles. The first-order valence-electron chi connectivity index (χ1n) is 9.05. The van der Waals surface area contributed by atoms with Gasteiger partial charge in [0.2, 0.25) is 17.1 Å². The van der Waals surface area contributed by atoms with Gasteiger partial charge in [0, 0.05) is 6.42 Å². The molecule has 2 saturated heterocycles. The number of nitrogens with zero attached hydrogens (tertiary/aromatic N) is 3. The SMILES string of the molecule is N#CC1(C#N)C(c2ccc(Cl)c(Cl)c2)OC23CCCCCC2C1(C#N)C(=N)O3. The fourth-order valence-electron chi connectivity index (χ4n) is 5.01. The summed E-state index contributed by atoms with van der Waals surface area (Å²) in [6, 6.07) is 11.0. The van der Waals surface area contributed by atoms with Crippen molar-refractivity contribution < 1.29 is 9.47 Å². The van der Waals surface area contributed by atoms with E-state index in [4.69, 9.17) is 38.1 Å². The molecule has 1 N–H and O–H groups in total. The minimum atomic E-state index is -1.95. The van der Waals surface area contributed by atoms with Gasteiger partial charge in [-0.25, -0.2) is 0 Å². The van der Waals surface area contributed by atoms with Crippen molar-refractivity contribution >= 4 is 29.1 Å². The third-order valence-corrected chi connectivity index (χ3v) is 7.05. The molecule has 3 aliphatic rings. The summed E-state index contributed by atoms with van der Waals surface area (Å²) in [6.45, 7) is 0. The second-order valence-electron chi connectivity index (χ2n) is 7.52. The molecule has 4 unspecified atom stereocenters. The molecule has 2 aliphatic heterocycles. The Morgan fingerprint density at radius 3 is 2.43 bits per heavy atom. The van der Waals surface area contributed by atoms with Gasteiger partial charge in [0.1, 0.15) is 6.10 Å². The van der Waals surface area contributed by atoms with Crippen LogP contribution in [0.25, 0.3) is 0 Å². The standard InChI is InChI=1S/C20H16Cl2N4O2/c21-13-6-5-12(8-14(13)22)16-18(9-23,10-24)19(11-25)15-4-2-1-3-7-20(15,27-16)28-17(19)26/h5-6,8,15-16,26H,1-4,7H2. The first kappa shape index (κ1) is 19.0. The van der Waals surface area contributed by atoms with Gasteiger partial charge in [-0.2, -0.15) is 15.8 Å². The van der Waals surface area contributed by atoms with Crippen molar-refractivity contribution in [1.29, 1.82) is 21.2 Å². The maximum Gasteiger partial charge on any atom is 0.217 e. The number of hydrogen-bond acceptors (Lipinski definition) is 6. The van der Waals surface area contributed by atoms with Crippen LogP contribution in [0.1, 0.15) is 43.8 Å². The molecule has 4 atom stereocenters. The predicted octanol–water partition coefficient (Wildman–Crippen LogP) is 4.89.